The monoisotopic (exact) mass is 297 g/mol. The molecule has 1 aromatic rings. The van der Waals surface area contributed by atoms with E-state index in [1.807, 2.05) is 0 Å². The number of aryl methyl sites for hydroxylation is 1. The highest BCUT2D eigenvalue weighted by atomic mass is 35.5. The van der Waals surface area contributed by atoms with Gasteiger partial charge in [-0.2, -0.15) is 0 Å². The summed E-state index contributed by atoms with van der Waals surface area (Å²) in [6.45, 7) is 3.65. The largest absolute Gasteiger partial charge is 0.349 e. The number of nitrogens with one attached hydrogen (secondary N) is 2. The molecule has 2 fully saturated rings. The Labute approximate surface area is 122 Å². The molecule has 1 aromatic carbocycles. The first-order valence-corrected chi connectivity index (χ1v) is 6.34. The van der Waals surface area contributed by atoms with Gasteiger partial charge in [-0.1, -0.05) is 0 Å². The molecule has 6 nitrogen and oxygen atoms in total. The van der Waals surface area contributed by atoms with Gasteiger partial charge in [0, 0.05) is 36.8 Å². The molecule has 1 saturated carbocycles. The minimum atomic E-state index is -0.453. The topological polar surface area (TPSA) is 84.3 Å². The van der Waals surface area contributed by atoms with Crippen LogP contribution in [0.1, 0.15) is 15.9 Å². The molecule has 1 aliphatic carbocycles. The Balaban J connectivity index is 0.00000147. The molecular weight excluding hydrogens is 282 g/mol. The van der Waals surface area contributed by atoms with E-state index < -0.39 is 4.92 Å². The van der Waals surface area contributed by atoms with Crippen molar-refractivity contribution in [2.45, 2.75) is 13.0 Å². The van der Waals surface area contributed by atoms with Gasteiger partial charge >= 0.3 is 0 Å². The minimum Gasteiger partial charge on any atom is -0.349 e. The van der Waals surface area contributed by atoms with Crippen LogP contribution in [0.4, 0.5) is 5.69 Å². The second-order valence-electron chi connectivity index (χ2n) is 5.24. The van der Waals surface area contributed by atoms with Crippen molar-refractivity contribution in [3.63, 3.8) is 0 Å². The number of hydrogen-bond acceptors (Lipinski definition) is 4. The van der Waals surface area contributed by atoms with Gasteiger partial charge in [0.15, 0.2) is 0 Å². The van der Waals surface area contributed by atoms with Gasteiger partial charge in [0.05, 0.1) is 4.92 Å². The lowest BCUT2D eigenvalue weighted by Gasteiger charge is -2.09. The summed E-state index contributed by atoms with van der Waals surface area (Å²) < 4.78 is 0. The molecular formula is C13H16ClN3O3. The summed E-state index contributed by atoms with van der Waals surface area (Å²) in [6.07, 6.45) is 0. The van der Waals surface area contributed by atoms with Crippen molar-refractivity contribution in [2.75, 3.05) is 13.1 Å². The van der Waals surface area contributed by atoms with E-state index in [0.29, 0.717) is 23.0 Å². The van der Waals surface area contributed by atoms with Crippen LogP contribution in [0.3, 0.4) is 0 Å². The van der Waals surface area contributed by atoms with Gasteiger partial charge in [-0.15, -0.1) is 12.4 Å². The number of hydrogen-bond donors (Lipinski definition) is 2. The van der Waals surface area contributed by atoms with Gasteiger partial charge < -0.3 is 10.6 Å². The van der Waals surface area contributed by atoms with Crippen molar-refractivity contribution >= 4 is 24.0 Å². The van der Waals surface area contributed by atoms with Crippen molar-refractivity contribution in [3.05, 3.63) is 39.4 Å². The number of nitro groups is 1. The van der Waals surface area contributed by atoms with Gasteiger partial charge in [0.1, 0.15) is 0 Å². The molecule has 0 radical (unpaired) electrons. The number of nitro benzene ring substituents is 1. The van der Waals surface area contributed by atoms with Crippen LogP contribution in [0.2, 0.25) is 0 Å². The number of nitrogens with zero attached hydrogens (tertiary/aromatic N) is 1. The maximum absolute atomic E-state index is 12.1. The van der Waals surface area contributed by atoms with Crippen molar-refractivity contribution in [3.8, 4) is 0 Å². The van der Waals surface area contributed by atoms with Crippen LogP contribution in [0.5, 0.6) is 0 Å². The smallest absolute Gasteiger partial charge is 0.269 e. The zero-order valence-electron chi connectivity index (χ0n) is 11.0. The number of non-ortho nitro benzene ring substituents is 1. The van der Waals surface area contributed by atoms with Gasteiger partial charge in [0.2, 0.25) is 0 Å². The van der Waals surface area contributed by atoms with Crippen LogP contribution >= 0.6 is 12.4 Å². The minimum absolute atomic E-state index is 0. The normalized spacial score (nSPS) is 26.4. The zero-order valence-corrected chi connectivity index (χ0v) is 11.8. The molecule has 3 rings (SSSR count). The molecule has 0 spiro atoms. The Morgan fingerprint density at radius 1 is 1.40 bits per heavy atom. The predicted molar refractivity (Wildman–Crippen MR) is 76.2 cm³/mol. The average molecular weight is 298 g/mol. The van der Waals surface area contributed by atoms with Crippen LogP contribution in [0.25, 0.3) is 0 Å². The predicted octanol–water partition coefficient (Wildman–Crippen LogP) is 1.27. The lowest BCUT2D eigenvalue weighted by molar-refractivity contribution is -0.384. The lowest BCUT2D eigenvalue weighted by Crippen LogP contribution is -2.32. The van der Waals surface area contributed by atoms with E-state index in [4.69, 9.17) is 0 Å². The van der Waals surface area contributed by atoms with Crippen molar-refractivity contribution in [1.29, 1.82) is 0 Å². The SMILES string of the molecule is Cc1cc([N+](=O)[O-])ccc1C(=O)NC1C2CNCC21.Cl. The van der Waals surface area contributed by atoms with Gasteiger partial charge in [-0.05, 0) is 30.4 Å². The average Bonchev–Trinajstić information content (AvgIpc) is 2.82. The Hall–Kier alpha value is -1.66. The molecule has 2 N–H and O–H groups in total. The molecule has 1 amide bonds. The first-order valence-electron chi connectivity index (χ1n) is 6.34. The molecule has 2 atom stereocenters. The standard InChI is InChI=1S/C13H15N3O3.ClH/c1-7-4-8(16(18)19)2-3-9(7)13(17)15-12-10-5-14-6-11(10)12;/h2-4,10-12,14H,5-6H2,1H3,(H,15,17);1H. The van der Waals surface area contributed by atoms with E-state index in [-0.39, 0.29) is 30.0 Å². The summed E-state index contributed by atoms with van der Waals surface area (Å²) in [5, 5.41) is 16.9. The highest BCUT2D eigenvalue weighted by Gasteiger charge is 2.53. The summed E-state index contributed by atoms with van der Waals surface area (Å²) >= 11 is 0. The number of piperidine rings is 1. The number of benzene rings is 1. The number of amides is 1. The maximum Gasteiger partial charge on any atom is 0.269 e. The van der Waals surface area contributed by atoms with E-state index in [9.17, 15) is 14.9 Å². The highest BCUT2D eigenvalue weighted by Crippen LogP contribution is 2.41. The number of carbonyl (C=O) groups is 1. The van der Waals surface area contributed by atoms with Crippen molar-refractivity contribution in [2.24, 2.45) is 11.8 Å². The summed E-state index contributed by atoms with van der Waals surface area (Å²) in [5.74, 6) is 0.983. The second kappa shape index (κ2) is 5.38. The van der Waals surface area contributed by atoms with Crippen molar-refractivity contribution < 1.29 is 9.72 Å². The van der Waals surface area contributed by atoms with Gasteiger partial charge in [-0.3, -0.25) is 14.9 Å². The van der Waals surface area contributed by atoms with Gasteiger partial charge in [0.25, 0.3) is 11.6 Å². The van der Waals surface area contributed by atoms with Crippen LogP contribution in [-0.2, 0) is 0 Å². The number of rotatable bonds is 3. The number of halogens is 1. The molecule has 0 aromatic heterocycles. The Bertz CT molecular complexity index is 554. The molecule has 108 valence electrons. The summed E-state index contributed by atoms with van der Waals surface area (Å²) in [4.78, 5) is 22.3. The third kappa shape index (κ3) is 2.48. The molecule has 2 aliphatic rings. The summed E-state index contributed by atoms with van der Waals surface area (Å²) in [6, 6.07) is 4.60. The van der Waals surface area contributed by atoms with Crippen LogP contribution in [-0.4, -0.2) is 30.0 Å². The van der Waals surface area contributed by atoms with E-state index in [2.05, 4.69) is 10.6 Å². The van der Waals surface area contributed by atoms with Crippen LogP contribution in [0, 0.1) is 28.9 Å². The first-order chi connectivity index (χ1) is 9.08. The van der Waals surface area contributed by atoms with Crippen molar-refractivity contribution in [1.82, 2.24) is 10.6 Å². The fraction of sp³-hybridized carbons (Fsp3) is 0.462. The zero-order chi connectivity index (χ0) is 13.6. The molecule has 0 bridgehead atoms. The third-order valence-corrected chi connectivity index (χ3v) is 4.05. The number of fused-ring (bicyclic) bond motifs is 1. The maximum atomic E-state index is 12.1. The first kappa shape index (κ1) is 14.7. The van der Waals surface area contributed by atoms with E-state index >= 15 is 0 Å². The molecule has 1 saturated heterocycles. The van der Waals surface area contributed by atoms with E-state index in [1.54, 1.807) is 6.92 Å². The fourth-order valence-corrected chi connectivity index (χ4v) is 2.88. The second-order valence-corrected chi connectivity index (χ2v) is 5.24. The van der Waals surface area contributed by atoms with E-state index in [1.165, 1.54) is 18.2 Å². The third-order valence-electron chi connectivity index (χ3n) is 4.05. The van der Waals surface area contributed by atoms with Crippen LogP contribution < -0.4 is 10.6 Å². The van der Waals surface area contributed by atoms with Crippen LogP contribution in [0.15, 0.2) is 18.2 Å². The molecule has 2 unspecified atom stereocenters. The summed E-state index contributed by atoms with van der Waals surface area (Å²) in [7, 11) is 0. The Morgan fingerprint density at radius 2 is 2.05 bits per heavy atom. The lowest BCUT2D eigenvalue weighted by atomic mass is 10.1. The quantitative estimate of drug-likeness (QED) is 0.650. The fourth-order valence-electron chi connectivity index (χ4n) is 2.88. The summed E-state index contributed by atoms with van der Waals surface area (Å²) in [5.41, 5.74) is 1.17. The Kier molecular flexibility index (Phi) is 3.96. The molecule has 7 heteroatoms. The molecule has 20 heavy (non-hydrogen) atoms. The molecule has 1 heterocycles. The van der Waals surface area contributed by atoms with E-state index in [0.717, 1.165) is 13.1 Å². The van der Waals surface area contributed by atoms with Gasteiger partial charge in [-0.25, -0.2) is 0 Å². The highest BCUT2D eigenvalue weighted by molar-refractivity contribution is 5.96. The molecule has 1 aliphatic heterocycles. The number of carbonyl (C=O) groups excluding carboxylic acids is 1. The Morgan fingerprint density at radius 3 is 2.60 bits per heavy atom.